The summed E-state index contributed by atoms with van der Waals surface area (Å²) in [7, 11) is 0. The SMILES string of the molecule is Cc1cccc(C=Nc2cc(C(F)(F)C(F)(F)C(F)(F)C(F)(F)C(F)(F)C(F)(F)F)cc(C(F)(F)C(F)(F)C(F)(F)C(F)(F)C(F)(F)C(F)(F)F)c2)c1O. The summed E-state index contributed by atoms with van der Waals surface area (Å²) in [6.45, 7) is 1.06. The van der Waals surface area contributed by atoms with Crippen LogP contribution in [-0.2, 0) is 11.8 Å². The molecule has 0 saturated carbocycles. The lowest BCUT2D eigenvalue weighted by Crippen LogP contribution is -2.69. The average molecular weight is 847 g/mol. The van der Waals surface area contributed by atoms with Crippen molar-refractivity contribution in [1.82, 2.24) is 0 Å². The Morgan fingerprint density at radius 3 is 1.07 bits per heavy atom. The fraction of sp³-hybridized carbons (Fsp3) is 0.500. The molecule has 0 atom stereocenters. The molecule has 0 aromatic heterocycles. The fourth-order valence-electron chi connectivity index (χ4n) is 3.88. The molecule has 0 heterocycles. The maximum Gasteiger partial charge on any atom is 0.460 e. The minimum absolute atomic E-state index is 0.00290. The fourth-order valence-corrected chi connectivity index (χ4v) is 3.88. The average Bonchev–Trinajstić information content (AvgIpc) is 2.99. The van der Waals surface area contributed by atoms with Crippen LogP contribution in [0.15, 0.2) is 41.4 Å². The number of phenolic OH excluding ortho intramolecular Hbond substituents is 1. The molecule has 1 N–H and O–H groups in total. The molecule has 308 valence electrons. The van der Waals surface area contributed by atoms with Gasteiger partial charge < -0.3 is 5.11 Å². The van der Waals surface area contributed by atoms with Crippen molar-refractivity contribution in [2.45, 2.75) is 78.5 Å². The molecule has 2 aromatic carbocycles. The van der Waals surface area contributed by atoms with Crippen LogP contribution in [0.5, 0.6) is 5.75 Å². The highest BCUT2D eigenvalue weighted by Gasteiger charge is 2.92. The highest BCUT2D eigenvalue weighted by atomic mass is 19.4. The molecule has 54 heavy (non-hydrogen) atoms. The van der Waals surface area contributed by atoms with E-state index < -0.39 is 118 Å². The third kappa shape index (κ3) is 6.40. The van der Waals surface area contributed by atoms with Crippen LogP contribution >= 0.6 is 0 Å². The van der Waals surface area contributed by atoms with Crippen LogP contribution in [0.1, 0.15) is 22.3 Å². The van der Waals surface area contributed by atoms with E-state index in [-0.39, 0.29) is 11.8 Å². The summed E-state index contributed by atoms with van der Waals surface area (Å²) in [4.78, 5) is 2.81. The van der Waals surface area contributed by atoms with E-state index in [1.54, 1.807) is 0 Å². The van der Waals surface area contributed by atoms with Crippen molar-refractivity contribution in [1.29, 1.82) is 0 Å². The zero-order valence-corrected chi connectivity index (χ0v) is 24.8. The van der Waals surface area contributed by atoms with Gasteiger partial charge in [0.15, 0.2) is 0 Å². The van der Waals surface area contributed by atoms with Crippen LogP contribution in [0.4, 0.5) is 120 Å². The van der Waals surface area contributed by atoms with Crippen LogP contribution < -0.4 is 0 Å². The van der Waals surface area contributed by atoms with Gasteiger partial charge in [-0.1, -0.05) is 12.1 Å². The molecule has 2 aromatic rings. The molecule has 0 radical (unpaired) electrons. The number of aliphatic imine (C=N–C) groups is 1. The standard InChI is InChI=1S/C26H11F26NO/c1-9-3-2-4-10(14(9)54)8-53-13-6-11(15(27,28)17(31,32)19(35,36)21(39,40)23(43,44)25(47,48)49)5-12(7-13)16(29,30)18(33,34)20(37,38)22(41,42)24(45,46)26(50,51)52/h2-8,54H,1H3. The number of aryl methyl sites for hydroxylation is 1. The maximum atomic E-state index is 15.0. The number of hydrogen-bond acceptors (Lipinski definition) is 2. The van der Waals surface area contributed by atoms with Crippen LogP contribution in [0.25, 0.3) is 0 Å². The third-order valence-electron chi connectivity index (χ3n) is 7.13. The topological polar surface area (TPSA) is 32.6 Å². The molecule has 0 saturated heterocycles. The molecule has 28 heteroatoms. The van der Waals surface area contributed by atoms with E-state index in [0.29, 0.717) is 0 Å². The highest BCUT2D eigenvalue weighted by Crippen LogP contribution is 2.64. The van der Waals surface area contributed by atoms with Crippen molar-refractivity contribution in [3.63, 3.8) is 0 Å². The van der Waals surface area contributed by atoms with Gasteiger partial charge in [-0.3, -0.25) is 4.99 Å². The summed E-state index contributed by atoms with van der Waals surface area (Å²) in [5, 5.41) is 9.91. The molecule has 2 rings (SSSR count). The summed E-state index contributed by atoms with van der Waals surface area (Å²) in [5.41, 5.74) is -10.5. The van der Waals surface area contributed by atoms with E-state index >= 15 is 0 Å². The van der Waals surface area contributed by atoms with Gasteiger partial charge in [0.05, 0.1) is 5.69 Å². The Bertz CT molecular complexity index is 1640. The summed E-state index contributed by atoms with van der Waals surface area (Å²) < 4.78 is 357. The van der Waals surface area contributed by atoms with Crippen LogP contribution in [0.2, 0.25) is 0 Å². The summed E-state index contributed by atoms with van der Waals surface area (Å²) in [6.07, 6.45) is -15.9. The number of para-hydroxylation sites is 1. The first-order chi connectivity index (χ1) is 23.5. The van der Waals surface area contributed by atoms with Crippen molar-refractivity contribution >= 4 is 11.9 Å². The number of benzene rings is 2. The van der Waals surface area contributed by atoms with Gasteiger partial charge in [-0.15, -0.1) is 0 Å². The second-order valence-corrected chi connectivity index (χ2v) is 10.8. The smallest absolute Gasteiger partial charge is 0.460 e. The summed E-state index contributed by atoms with van der Waals surface area (Å²) in [5.74, 6) is -84.7. The van der Waals surface area contributed by atoms with Gasteiger partial charge in [0.1, 0.15) is 5.75 Å². The van der Waals surface area contributed by atoms with E-state index in [9.17, 15) is 119 Å². The number of aromatic hydroxyl groups is 1. The summed E-state index contributed by atoms with van der Waals surface area (Å²) >= 11 is 0. The van der Waals surface area contributed by atoms with E-state index in [1.807, 2.05) is 0 Å². The van der Waals surface area contributed by atoms with Gasteiger partial charge in [-0.25, -0.2) is 0 Å². The molecule has 0 fully saturated rings. The van der Waals surface area contributed by atoms with Crippen molar-refractivity contribution < 1.29 is 119 Å². The van der Waals surface area contributed by atoms with Gasteiger partial charge in [0.25, 0.3) is 0 Å². The molecule has 0 unspecified atom stereocenters. The van der Waals surface area contributed by atoms with E-state index in [0.717, 1.165) is 25.1 Å². The van der Waals surface area contributed by atoms with E-state index in [4.69, 9.17) is 0 Å². The lowest BCUT2D eigenvalue weighted by molar-refractivity contribution is -0.442. The molecule has 0 aliphatic carbocycles. The normalized spacial score (nSPS) is 15.7. The molecular weight excluding hydrogens is 836 g/mol. The molecule has 0 amide bonds. The lowest BCUT2D eigenvalue weighted by atomic mass is 9.87. The first kappa shape index (κ1) is 46.2. The van der Waals surface area contributed by atoms with Crippen molar-refractivity contribution in [3.8, 4) is 5.75 Å². The van der Waals surface area contributed by atoms with Crippen LogP contribution in [0.3, 0.4) is 0 Å². The van der Waals surface area contributed by atoms with Gasteiger partial charge in [-0.2, -0.15) is 114 Å². The third-order valence-corrected chi connectivity index (χ3v) is 7.13. The zero-order valence-electron chi connectivity index (χ0n) is 24.8. The van der Waals surface area contributed by atoms with Crippen LogP contribution in [0, 0.1) is 6.92 Å². The number of hydrogen-bond donors (Lipinski definition) is 1. The lowest BCUT2D eigenvalue weighted by Gasteiger charge is -2.40. The summed E-state index contributed by atoms with van der Waals surface area (Å²) in [6, 6.07) is -1.32. The molecule has 0 aliphatic rings. The Labute approximate surface area is 280 Å². The Hall–Kier alpha value is -3.91. The van der Waals surface area contributed by atoms with Crippen molar-refractivity contribution in [2.75, 3.05) is 0 Å². The van der Waals surface area contributed by atoms with Gasteiger partial charge in [-0.05, 0) is 36.8 Å². The maximum absolute atomic E-state index is 15.0. The van der Waals surface area contributed by atoms with E-state index in [1.165, 1.54) is 0 Å². The van der Waals surface area contributed by atoms with Crippen LogP contribution in [-0.4, -0.2) is 71.1 Å². The molecule has 2 nitrogen and oxygen atoms in total. The number of halogens is 26. The minimum Gasteiger partial charge on any atom is -0.507 e. The van der Waals surface area contributed by atoms with Crippen molar-refractivity contribution in [3.05, 3.63) is 58.7 Å². The second-order valence-electron chi connectivity index (χ2n) is 10.8. The Morgan fingerprint density at radius 2 is 0.759 bits per heavy atom. The number of nitrogens with zero attached hydrogens (tertiary/aromatic N) is 1. The van der Waals surface area contributed by atoms with Gasteiger partial charge in [0.2, 0.25) is 0 Å². The Balaban J connectivity index is 3.06. The minimum atomic E-state index is -8.71. The first-order valence-electron chi connectivity index (χ1n) is 12.9. The predicted octanol–water partition coefficient (Wildman–Crippen LogP) is 11.8. The second kappa shape index (κ2) is 12.8. The number of phenols is 1. The van der Waals surface area contributed by atoms with Gasteiger partial charge in [0, 0.05) is 22.9 Å². The molecular formula is C26H11F26NO. The number of rotatable bonds is 12. The molecule has 0 aliphatic heterocycles. The first-order valence-corrected chi connectivity index (χ1v) is 12.9. The Kier molecular flexibility index (Phi) is 11.0. The van der Waals surface area contributed by atoms with Crippen molar-refractivity contribution in [2.24, 2.45) is 4.99 Å². The highest BCUT2D eigenvalue weighted by molar-refractivity contribution is 5.86. The van der Waals surface area contributed by atoms with Gasteiger partial charge >= 0.3 is 71.6 Å². The number of alkyl halides is 26. The largest absolute Gasteiger partial charge is 0.507 e. The predicted molar refractivity (Wildman–Crippen MR) is 126 cm³/mol. The molecule has 0 spiro atoms. The Morgan fingerprint density at radius 1 is 0.444 bits per heavy atom. The quantitative estimate of drug-likeness (QED) is 0.168. The molecule has 0 bridgehead atoms. The zero-order chi connectivity index (χ0) is 43.1. The van der Waals surface area contributed by atoms with E-state index in [2.05, 4.69) is 4.99 Å². The monoisotopic (exact) mass is 847 g/mol.